The summed E-state index contributed by atoms with van der Waals surface area (Å²) in [5.41, 5.74) is 0.920. The molecule has 124 valence electrons. The van der Waals surface area contributed by atoms with Crippen LogP contribution >= 0.6 is 11.6 Å². The highest BCUT2D eigenvalue weighted by atomic mass is 35.5. The van der Waals surface area contributed by atoms with E-state index >= 15 is 0 Å². The number of nitrogens with zero attached hydrogens (tertiary/aromatic N) is 1. The summed E-state index contributed by atoms with van der Waals surface area (Å²) < 4.78 is 22.6. The molecule has 0 heterocycles. The first-order valence-electron chi connectivity index (χ1n) is 7.12. The Labute approximate surface area is 138 Å². The lowest BCUT2D eigenvalue weighted by Gasteiger charge is -2.24. The van der Waals surface area contributed by atoms with Crippen molar-refractivity contribution in [2.45, 2.75) is 32.1 Å². The molecule has 1 aromatic carbocycles. The molecule has 2 N–H and O–H groups in total. The van der Waals surface area contributed by atoms with Crippen molar-refractivity contribution in [2.24, 2.45) is 4.99 Å². The first-order chi connectivity index (χ1) is 10.2. The molecule has 0 unspecified atom stereocenters. The van der Waals surface area contributed by atoms with E-state index in [2.05, 4.69) is 15.6 Å². The first kappa shape index (κ1) is 18.8. The average Bonchev–Trinajstić information content (AvgIpc) is 2.42. The fourth-order valence-electron chi connectivity index (χ4n) is 1.56. The normalized spacial score (nSPS) is 13.0. The predicted octanol–water partition coefficient (Wildman–Crippen LogP) is 2.22. The van der Waals surface area contributed by atoms with Gasteiger partial charge in [-0.3, -0.25) is 0 Å². The van der Waals surface area contributed by atoms with Crippen LogP contribution in [0.5, 0.6) is 0 Å². The van der Waals surface area contributed by atoms with E-state index in [1.54, 1.807) is 13.8 Å². The standard InChI is InChI=1S/C15H24ClN3O2S/c1-5-17-14(19-11-15(2,3)22(4,20)21)18-10-12-8-6-7-9-13(12)16/h6-9H,5,10-11H2,1-4H3,(H2,17,18,19). The van der Waals surface area contributed by atoms with Gasteiger partial charge in [-0.2, -0.15) is 0 Å². The summed E-state index contributed by atoms with van der Waals surface area (Å²) >= 11 is 6.10. The molecule has 0 bridgehead atoms. The van der Waals surface area contributed by atoms with E-state index < -0.39 is 14.6 Å². The SMILES string of the molecule is CCNC(=NCc1ccccc1Cl)NCC(C)(C)S(C)(=O)=O. The topological polar surface area (TPSA) is 70.6 Å². The Balaban J connectivity index is 2.78. The largest absolute Gasteiger partial charge is 0.357 e. The Bertz CT molecular complexity index is 627. The molecule has 0 saturated heterocycles. The molecular weight excluding hydrogens is 322 g/mol. The van der Waals surface area contributed by atoms with Crippen LogP contribution in [0.1, 0.15) is 26.3 Å². The Kier molecular flexibility index (Phi) is 6.68. The zero-order chi connectivity index (χ0) is 16.8. The minimum Gasteiger partial charge on any atom is -0.357 e. The molecule has 0 aliphatic heterocycles. The summed E-state index contributed by atoms with van der Waals surface area (Å²) in [6.45, 7) is 6.72. The molecule has 1 rings (SSSR count). The maximum atomic E-state index is 11.7. The van der Waals surface area contributed by atoms with Crippen molar-refractivity contribution in [3.05, 3.63) is 34.9 Å². The molecule has 0 radical (unpaired) electrons. The molecule has 0 amide bonds. The van der Waals surface area contributed by atoms with Crippen molar-refractivity contribution < 1.29 is 8.42 Å². The molecule has 5 nitrogen and oxygen atoms in total. The quantitative estimate of drug-likeness (QED) is 0.612. The molecular formula is C15H24ClN3O2S. The number of guanidine groups is 1. The summed E-state index contributed by atoms with van der Waals surface area (Å²) in [7, 11) is -3.15. The molecule has 0 aromatic heterocycles. The Morgan fingerprint density at radius 2 is 1.91 bits per heavy atom. The number of nitrogens with one attached hydrogen (secondary N) is 2. The van der Waals surface area contributed by atoms with Gasteiger partial charge in [0.1, 0.15) is 0 Å². The van der Waals surface area contributed by atoms with Crippen LogP contribution in [0.15, 0.2) is 29.3 Å². The van der Waals surface area contributed by atoms with Crippen LogP contribution in [0.25, 0.3) is 0 Å². The summed E-state index contributed by atoms with van der Waals surface area (Å²) in [4.78, 5) is 4.44. The van der Waals surface area contributed by atoms with E-state index in [1.165, 1.54) is 6.26 Å². The van der Waals surface area contributed by atoms with Crippen molar-refractivity contribution in [1.29, 1.82) is 0 Å². The fraction of sp³-hybridized carbons (Fsp3) is 0.533. The number of benzene rings is 1. The lowest BCUT2D eigenvalue weighted by atomic mass is 10.2. The second kappa shape index (κ2) is 7.83. The van der Waals surface area contributed by atoms with Gasteiger partial charge in [-0.25, -0.2) is 13.4 Å². The number of sulfone groups is 1. The molecule has 0 fully saturated rings. The van der Waals surface area contributed by atoms with Gasteiger partial charge in [-0.1, -0.05) is 29.8 Å². The minimum absolute atomic E-state index is 0.278. The summed E-state index contributed by atoms with van der Waals surface area (Å²) in [5.74, 6) is 0.569. The van der Waals surface area contributed by atoms with Crippen LogP contribution in [0.4, 0.5) is 0 Å². The smallest absolute Gasteiger partial charge is 0.191 e. The van der Waals surface area contributed by atoms with Gasteiger partial charge in [-0.15, -0.1) is 0 Å². The van der Waals surface area contributed by atoms with Crippen molar-refractivity contribution in [3.63, 3.8) is 0 Å². The maximum absolute atomic E-state index is 11.7. The van der Waals surface area contributed by atoms with E-state index in [0.717, 1.165) is 5.56 Å². The van der Waals surface area contributed by atoms with E-state index in [9.17, 15) is 8.42 Å². The molecule has 22 heavy (non-hydrogen) atoms. The highest BCUT2D eigenvalue weighted by molar-refractivity contribution is 7.92. The Hall–Kier alpha value is -1.27. The third kappa shape index (κ3) is 5.50. The molecule has 0 spiro atoms. The van der Waals surface area contributed by atoms with Gasteiger partial charge in [0.15, 0.2) is 15.8 Å². The number of hydrogen-bond acceptors (Lipinski definition) is 3. The van der Waals surface area contributed by atoms with Crippen LogP contribution < -0.4 is 10.6 Å². The van der Waals surface area contributed by atoms with Gasteiger partial charge in [0.05, 0.1) is 11.3 Å². The predicted molar refractivity (Wildman–Crippen MR) is 93.2 cm³/mol. The van der Waals surface area contributed by atoms with Crippen LogP contribution in [0.3, 0.4) is 0 Å². The number of hydrogen-bond donors (Lipinski definition) is 2. The number of halogens is 1. The Morgan fingerprint density at radius 3 is 2.45 bits per heavy atom. The summed E-state index contributed by atoms with van der Waals surface area (Å²) in [6, 6.07) is 7.51. The van der Waals surface area contributed by atoms with E-state index in [-0.39, 0.29) is 6.54 Å². The minimum atomic E-state index is -3.15. The summed E-state index contributed by atoms with van der Waals surface area (Å²) in [5, 5.41) is 6.84. The maximum Gasteiger partial charge on any atom is 0.191 e. The zero-order valence-corrected chi connectivity index (χ0v) is 15.1. The van der Waals surface area contributed by atoms with Gasteiger partial charge in [0.25, 0.3) is 0 Å². The molecule has 0 aliphatic rings. The van der Waals surface area contributed by atoms with Crippen LogP contribution in [-0.2, 0) is 16.4 Å². The molecule has 0 saturated carbocycles. The van der Waals surface area contributed by atoms with Gasteiger partial charge < -0.3 is 10.6 Å². The van der Waals surface area contributed by atoms with Crippen molar-refractivity contribution >= 4 is 27.4 Å². The van der Waals surface area contributed by atoms with Crippen LogP contribution in [-0.4, -0.2) is 38.5 Å². The van der Waals surface area contributed by atoms with Gasteiger partial charge in [-0.05, 0) is 32.4 Å². The lowest BCUT2D eigenvalue weighted by molar-refractivity contribution is 0.544. The average molecular weight is 346 g/mol. The van der Waals surface area contributed by atoms with Crippen molar-refractivity contribution in [1.82, 2.24) is 10.6 Å². The summed E-state index contributed by atoms with van der Waals surface area (Å²) in [6.07, 6.45) is 1.24. The highest BCUT2D eigenvalue weighted by Gasteiger charge is 2.30. The van der Waals surface area contributed by atoms with E-state index in [0.29, 0.717) is 24.1 Å². The van der Waals surface area contributed by atoms with Crippen molar-refractivity contribution in [2.75, 3.05) is 19.3 Å². The number of rotatable bonds is 6. The van der Waals surface area contributed by atoms with Crippen LogP contribution in [0.2, 0.25) is 5.02 Å². The first-order valence-corrected chi connectivity index (χ1v) is 9.39. The van der Waals surface area contributed by atoms with Crippen LogP contribution in [0, 0.1) is 0 Å². The highest BCUT2D eigenvalue weighted by Crippen LogP contribution is 2.16. The molecule has 7 heteroatoms. The molecule has 1 aromatic rings. The van der Waals surface area contributed by atoms with E-state index in [1.807, 2.05) is 31.2 Å². The van der Waals surface area contributed by atoms with Gasteiger partial charge in [0, 0.05) is 24.4 Å². The Morgan fingerprint density at radius 1 is 1.27 bits per heavy atom. The fourth-order valence-corrected chi connectivity index (χ4v) is 2.09. The van der Waals surface area contributed by atoms with Crippen molar-refractivity contribution in [3.8, 4) is 0 Å². The van der Waals surface area contributed by atoms with Gasteiger partial charge in [0.2, 0.25) is 0 Å². The molecule has 0 aliphatic carbocycles. The van der Waals surface area contributed by atoms with Gasteiger partial charge >= 0.3 is 0 Å². The second-order valence-corrected chi connectivity index (χ2v) is 8.73. The zero-order valence-electron chi connectivity index (χ0n) is 13.5. The third-order valence-electron chi connectivity index (χ3n) is 3.39. The molecule has 0 atom stereocenters. The lowest BCUT2D eigenvalue weighted by Crippen LogP contribution is -2.47. The number of aliphatic imine (C=N–C) groups is 1. The second-order valence-electron chi connectivity index (χ2n) is 5.67. The third-order valence-corrected chi connectivity index (χ3v) is 5.92. The van der Waals surface area contributed by atoms with E-state index in [4.69, 9.17) is 11.6 Å². The monoisotopic (exact) mass is 345 g/mol.